The standard InChI is InChI=1S/C18H23FN4O/c1-2-22-13-20-21-17(22)10-15-6-4-8-23(12-15)18(24)11-14-5-3-7-16(19)9-14/h3,5,7,9,13,15H,2,4,6,8,10-12H2,1H3. The lowest BCUT2D eigenvalue weighted by atomic mass is 9.94. The minimum atomic E-state index is -0.296. The van der Waals surface area contributed by atoms with Crippen molar-refractivity contribution >= 4 is 5.91 Å². The van der Waals surface area contributed by atoms with Gasteiger partial charge in [-0.2, -0.15) is 0 Å². The summed E-state index contributed by atoms with van der Waals surface area (Å²) in [5, 5.41) is 8.17. The molecule has 6 heteroatoms. The van der Waals surface area contributed by atoms with Gasteiger partial charge in [0.2, 0.25) is 5.91 Å². The molecule has 1 aliphatic heterocycles. The van der Waals surface area contributed by atoms with E-state index >= 15 is 0 Å². The number of carbonyl (C=O) groups is 1. The maximum absolute atomic E-state index is 13.3. The Labute approximate surface area is 141 Å². The van der Waals surface area contributed by atoms with Crippen LogP contribution in [0, 0.1) is 11.7 Å². The predicted molar refractivity (Wildman–Crippen MR) is 88.8 cm³/mol. The van der Waals surface area contributed by atoms with Gasteiger partial charge in [0, 0.05) is 26.1 Å². The summed E-state index contributed by atoms with van der Waals surface area (Å²) in [7, 11) is 0. The highest BCUT2D eigenvalue weighted by molar-refractivity contribution is 5.78. The van der Waals surface area contributed by atoms with Crippen molar-refractivity contribution in [1.82, 2.24) is 19.7 Å². The minimum absolute atomic E-state index is 0.0715. The van der Waals surface area contributed by atoms with Crippen LogP contribution < -0.4 is 0 Å². The number of hydrogen-bond acceptors (Lipinski definition) is 3. The SMILES string of the molecule is CCn1cnnc1CC1CCCN(C(=O)Cc2cccc(F)c2)C1. The Kier molecular flexibility index (Phi) is 5.23. The average molecular weight is 330 g/mol. The largest absolute Gasteiger partial charge is 0.342 e. The normalized spacial score (nSPS) is 17.9. The van der Waals surface area contributed by atoms with E-state index in [2.05, 4.69) is 17.1 Å². The molecule has 1 aromatic heterocycles. The molecular formula is C18H23FN4O. The third-order valence-electron chi connectivity index (χ3n) is 4.62. The number of aromatic nitrogens is 3. The van der Waals surface area contributed by atoms with Gasteiger partial charge in [0.25, 0.3) is 0 Å². The zero-order valence-corrected chi connectivity index (χ0v) is 14.0. The fraction of sp³-hybridized carbons (Fsp3) is 0.500. The minimum Gasteiger partial charge on any atom is -0.342 e. The molecule has 0 N–H and O–H groups in total. The molecule has 0 aliphatic carbocycles. The van der Waals surface area contributed by atoms with Gasteiger partial charge in [0.15, 0.2) is 0 Å². The fourth-order valence-corrected chi connectivity index (χ4v) is 3.35. The van der Waals surface area contributed by atoms with Gasteiger partial charge < -0.3 is 9.47 Å². The monoisotopic (exact) mass is 330 g/mol. The van der Waals surface area contributed by atoms with Crippen molar-refractivity contribution in [3.05, 3.63) is 47.8 Å². The summed E-state index contributed by atoms with van der Waals surface area (Å²) in [5.74, 6) is 1.17. The molecule has 1 aliphatic rings. The van der Waals surface area contributed by atoms with Crippen LogP contribution in [0.15, 0.2) is 30.6 Å². The molecule has 1 saturated heterocycles. The van der Waals surface area contributed by atoms with Crippen molar-refractivity contribution in [2.75, 3.05) is 13.1 Å². The highest BCUT2D eigenvalue weighted by Gasteiger charge is 2.25. The molecule has 24 heavy (non-hydrogen) atoms. The van der Waals surface area contributed by atoms with E-state index in [0.29, 0.717) is 5.92 Å². The fourth-order valence-electron chi connectivity index (χ4n) is 3.35. The van der Waals surface area contributed by atoms with Crippen LogP contribution in [-0.2, 0) is 24.2 Å². The number of piperidine rings is 1. The predicted octanol–water partition coefficient (Wildman–Crippen LogP) is 2.46. The van der Waals surface area contributed by atoms with Crippen molar-refractivity contribution in [3.63, 3.8) is 0 Å². The second-order valence-corrected chi connectivity index (χ2v) is 6.39. The summed E-state index contributed by atoms with van der Waals surface area (Å²) in [4.78, 5) is 14.4. The number of benzene rings is 1. The number of rotatable bonds is 5. The molecule has 0 bridgehead atoms. The van der Waals surface area contributed by atoms with E-state index in [0.717, 1.165) is 50.3 Å². The molecule has 5 nitrogen and oxygen atoms in total. The molecule has 3 rings (SSSR count). The summed E-state index contributed by atoms with van der Waals surface area (Å²) >= 11 is 0. The smallest absolute Gasteiger partial charge is 0.227 e. The lowest BCUT2D eigenvalue weighted by molar-refractivity contribution is -0.132. The maximum Gasteiger partial charge on any atom is 0.227 e. The molecule has 1 atom stereocenters. The second kappa shape index (κ2) is 7.55. The van der Waals surface area contributed by atoms with Crippen LogP contribution in [0.2, 0.25) is 0 Å². The van der Waals surface area contributed by atoms with Gasteiger partial charge in [-0.3, -0.25) is 4.79 Å². The number of halogens is 1. The van der Waals surface area contributed by atoms with E-state index in [4.69, 9.17) is 0 Å². The first-order valence-corrected chi connectivity index (χ1v) is 8.54. The van der Waals surface area contributed by atoms with E-state index in [9.17, 15) is 9.18 Å². The number of aryl methyl sites for hydroxylation is 1. The van der Waals surface area contributed by atoms with E-state index in [1.54, 1.807) is 18.5 Å². The van der Waals surface area contributed by atoms with Gasteiger partial charge in [-0.15, -0.1) is 10.2 Å². The first-order chi connectivity index (χ1) is 11.7. The van der Waals surface area contributed by atoms with Gasteiger partial charge in [-0.05, 0) is 43.4 Å². The van der Waals surface area contributed by atoms with Crippen molar-refractivity contribution in [1.29, 1.82) is 0 Å². The molecule has 1 amide bonds. The number of likely N-dealkylation sites (tertiary alicyclic amines) is 1. The van der Waals surface area contributed by atoms with Crippen LogP contribution in [0.5, 0.6) is 0 Å². The summed E-state index contributed by atoms with van der Waals surface area (Å²) in [6, 6.07) is 6.28. The van der Waals surface area contributed by atoms with Gasteiger partial charge in [0.05, 0.1) is 6.42 Å². The molecule has 2 aromatic rings. The lowest BCUT2D eigenvalue weighted by Crippen LogP contribution is -2.41. The van der Waals surface area contributed by atoms with Gasteiger partial charge in [-0.25, -0.2) is 4.39 Å². The Morgan fingerprint density at radius 2 is 2.29 bits per heavy atom. The van der Waals surface area contributed by atoms with Crippen LogP contribution in [0.3, 0.4) is 0 Å². The summed E-state index contributed by atoms with van der Waals surface area (Å²) in [5.41, 5.74) is 0.729. The van der Waals surface area contributed by atoms with Gasteiger partial charge >= 0.3 is 0 Å². The van der Waals surface area contributed by atoms with E-state index in [1.807, 2.05) is 9.47 Å². The third-order valence-corrected chi connectivity index (χ3v) is 4.62. The van der Waals surface area contributed by atoms with E-state index < -0.39 is 0 Å². The molecule has 128 valence electrons. The second-order valence-electron chi connectivity index (χ2n) is 6.39. The number of hydrogen-bond donors (Lipinski definition) is 0. The molecule has 1 fully saturated rings. The molecule has 0 saturated carbocycles. The number of amides is 1. The Bertz CT molecular complexity index is 700. The molecule has 1 unspecified atom stereocenters. The Morgan fingerprint density at radius 3 is 3.08 bits per heavy atom. The van der Waals surface area contributed by atoms with Crippen LogP contribution in [0.25, 0.3) is 0 Å². The van der Waals surface area contributed by atoms with E-state index in [-0.39, 0.29) is 18.1 Å². The van der Waals surface area contributed by atoms with Gasteiger partial charge in [0.1, 0.15) is 18.0 Å². The van der Waals surface area contributed by atoms with Crippen LogP contribution in [-0.4, -0.2) is 38.7 Å². The Balaban J connectivity index is 1.59. The van der Waals surface area contributed by atoms with Crippen molar-refractivity contribution in [2.24, 2.45) is 5.92 Å². The molecule has 0 radical (unpaired) electrons. The summed E-state index contributed by atoms with van der Waals surface area (Å²) < 4.78 is 15.3. The van der Waals surface area contributed by atoms with Crippen molar-refractivity contribution < 1.29 is 9.18 Å². The molecule has 1 aromatic carbocycles. The Hall–Kier alpha value is -2.24. The number of carbonyl (C=O) groups excluding carboxylic acids is 1. The Morgan fingerprint density at radius 1 is 1.42 bits per heavy atom. The first kappa shape index (κ1) is 16.6. The highest BCUT2D eigenvalue weighted by atomic mass is 19.1. The summed E-state index contributed by atoms with van der Waals surface area (Å²) in [6.45, 7) is 4.45. The zero-order chi connectivity index (χ0) is 16.9. The average Bonchev–Trinajstić information content (AvgIpc) is 3.02. The lowest BCUT2D eigenvalue weighted by Gasteiger charge is -2.32. The first-order valence-electron chi connectivity index (χ1n) is 8.54. The zero-order valence-electron chi connectivity index (χ0n) is 14.0. The molecular weight excluding hydrogens is 307 g/mol. The molecule has 0 spiro atoms. The van der Waals surface area contributed by atoms with Crippen molar-refractivity contribution in [2.45, 2.75) is 39.2 Å². The maximum atomic E-state index is 13.3. The summed E-state index contributed by atoms with van der Waals surface area (Å²) in [6.07, 6.45) is 4.96. The number of nitrogens with zero attached hydrogens (tertiary/aromatic N) is 4. The van der Waals surface area contributed by atoms with Crippen molar-refractivity contribution in [3.8, 4) is 0 Å². The quantitative estimate of drug-likeness (QED) is 0.846. The van der Waals surface area contributed by atoms with Crippen LogP contribution in [0.1, 0.15) is 31.2 Å². The van der Waals surface area contributed by atoms with Gasteiger partial charge in [-0.1, -0.05) is 12.1 Å². The third kappa shape index (κ3) is 3.99. The van der Waals surface area contributed by atoms with E-state index in [1.165, 1.54) is 12.1 Å². The molecule has 2 heterocycles. The van der Waals surface area contributed by atoms with Crippen LogP contribution in [0.4, 0.5) is 4.39 Å². The highest BCUT2D eigenvalue weighted by Crippen LogP contribution is 2.21. The topological polar surface area (TPSA) is 51.0 Å². The van der Waals surface area contributed by atoms with Crippen LogP contribution >= 0.6 is 0 Å².